The third-order valence-corrected chi connectivity index (χ3v) is 4.15. The van der Waals surface area contributed by atoms with Gasteiger partial charge in [-0.15, -0.1) is 0 Å². The monoisotopic (exact) mass is 332 g/mol. The number of hydrogen-bond acceptors (Lipinski definition) is 3. The Morgan fingerprint density at radius 1 is 1.29 bits per heavy atom. The first kappa shape index (κ1) is 18.7. The van der Waals surface area contributed by atoms with Crippen LogP contribution >= 0.6 is 0 Å². The number of nitrogens with zero attached hydrogens (tertiary/aromatic N) is 3. The molecule has 1 aliphatic heterocycles. The third kappa shape index (κ3) is 6.13. The molecule has 0 aliphatic carbocycles. The predicted octanol–water partition coefficient (Wildman–Crippen LogP) is 2.18. The van der Waals surface area contributed by atoms with Gasteiger partial charge < -0.3 is 19.9 Å². The molecule has 1 unspecified atom stereocenters. The van der Waals surface area contributed by atoms with Crippen molar-refractivity contribution < 1.29 is 4.74 Å². The third-order valence-electron chi connectivity index (χ3n) is 4.15. The second-order valence-corrected chi connectivity index (χ2v) is 6.84. The van der Waals surface area contributed by atoms with Crippen LogP contribution in [0.3, 0.4) is 0 Å². The van der Waals surface area contributed by atoms with Crippen LogP contribution in [0.1, 0.15) is 24.5 Å². The van der Waals surface area contributed by atoms with Crippen LogP contribution in [0, 0.1) is 5.92 Å². The molecule has 5 nitrogen and oxygen atoms in total. The number of guanidine groups is 1. The fourth-order valence-corrected chi connectivity index (χ4v) is 3.03. The van der Waals surface area contributed by atoms with Gasteiger partial charge >= 0.3 is 0 Å². The Hall–Kier alpha value is -1.59. The summed E-state index contributed by atoms with van der Waals surface area (Å²) in [5.74, 6) is 1.59. The molecule has 1 saturated heterocycles. The fourth-order valence-electron chi connectivity index (χ4n) is 3.03. The number of aliphatic imine (C=N–C) groups is 1. The van der Waals surface area contributed by atoms with Crippen molar-refractivity contribution in [1.82, 2.24) is 15.1 Å². The maximum absolute atomic E-state index is 5.48. The molecule has 1 atom stereocenters. The molecule has 0 aromatic heterocycles. The zero-order valence-corrected chi connectivity index (χ0v) is 15.6. The number of ether oxygens (including phenoxy) is 1. The summed E-state index contributed by atoms with van der Waals surface area (Å²) in [5, 5.41) is 3.40. The summed E-state index contributed by atoms with van der Waals surface area (Å²) in [5.41, 5.74) is 2.58. The van der Waals surface area contributed by atoms with Crippen LogP contribution in [0.4, 0.5) is 0 Å². The first-order valence-electron chi connectivity index (χ1n) is 8.88. The predicted molar refractivity (Wildman–Crippen MR) is 100 cm³/mol. The van der Waals surface area contributed by atoms with Crippen LogP contribution in [-0.2, 0) is 17.8 Å². The average molecular weight is 332 g/mol. The van der Waals surface area contributed by atoms with Crippen LogP contribution in [-0.4, -0.2) is 63.2 Å². The molecule has 1 N–H and O–H groups in total. The van der Waals surface area contributed by atoms with Crippen LogP contribution in [0.15, 0.2) is 29.3 Å². The van der Waals surface area contributed by atoms with Crippen molar-refractivity contribution in [2.45, 2.75) is 26.4 Å². The average Bonchev–Trinajstić information content (AvgIpc) is 3.04. The first-order chi connectivity index (χ1) is 11.6. The highest BCUT2D eigenvalue weighted by atomic mass is 16.5. The van der Waals surface area contributed by atoms with E-state index in [2.05, 4.69) is 67.4 Å². The van der Waals surface area contributed by atoms with Gasteiger partial charge in [-0.25, -0.2) is 4.99 Å². The van der Waals surface area contributed by atoms with Crippen LogP contribution < -0.4 is 5.32 Å². The Balaban J connectivity index is 1.98. The van der Waals surface area contributed by atoms with E-state index in [4.69, 9.17) is 9.73 Å². The molecular formula is C19H32N4O. The summed E-state index contributed by atoms with van der Waals surface area (Å²) in [6.07, 6.45) is 1.15. The van der Waals surface area contributed by atoms with Crippen molar-refractivity contribution in [2.24, 2.45) is 10.9 Å². The van der Waals surface area contributed by atoms with Crippen molar-refractivity contribution in [1.29, 1.82) is 0 Å². The maximum Gasteiger partial charge on any atom is 0.193 e. The Morgan fingerprint density at radius 2 is 2.08 bits per heavy atom. The lowest BCUT2D eigenvalue weighted by Gasteiger charge is -2.24. The molecule has 1 fully saturated rings. The largest absolute Gasteiger partial charge is 0.381 e. The number of nitrogens with one attached hydrogen (secondary N) is 1. The van der Waals surface area contributed by atoms with Gasteiger partial charge in [0.2, 0.25) is 0 Å². The molecule has 0 amide bonds. The molecule has 0 saturated carbocycles. The Morgan fingerprint density at radius 3 is 2.75 bits per heavy atom. The summed E-state index contributed by atoms with van der Waals surface area (Å²) in [4.78, 5) is 9.24. The molecule has 1 aromatic rings. The van der Waals surface area contributed by atoms with Crippen molar-refractivity contribution in [3.63, 3.8) is 0 Å². The van der Waals surface area contributed by atoms with Crippen molar-refractivity contribution in [2.75, 3.05) is 47.4 Å². The second-order valence-electron chi connectivity index (χ2n) is 6.84. The van der Waals surface area contributed by atoms with Crippen molar-refractivity contribution >= 4 is 5.96 Å². The minimum atomic E-state index is 0.613. The van der Waals surface area contributed by atoms with E-state index in [-0.39, 0.29) is 0 Å². The second kappa shape index (κ2) is 9.64. The number of rotatable bonds is 7. The smallest absolute Gasteiger partial charge is 0.193 e. The Labute approximate surface area is 146 Å². The molecule has 1 heterocycles. The summed E-state index contributed by atoms with van der Waals surface area (Å²) in [6.45, 7) is 7.41. The Kier molecular flexibility index (Phi) is 7.53. The van der Waals surface area contributed by atoms with Gasteiger partial charge in [-0.2, -0.15) is 0 Å². The zero-order valence-electron chi connectivity index (χ0n) is 15.6. The fraction of sp³-hybridized carbons (Fsp3) is 0.632. The molecule has 1 aromatic carbocycles. The van der Waals surface area contributed by atoms with Gasteiger partial charge in [-0.3, -0.25) is 0 Å². The summed E-state index contributed by atoms with van der Waals surface area (Å²) >= 11 is 0. The summed E-state index contributed by atoms with van der Waals surface area (Å²) in [6, 6.07) is 8.69. The SMILES string of the molecule is CCNC(=NCc1cccc(CN(C)C)c1)N(C)CC1CCOC1. The van der Waals surface area contributed by atoms with E-state index in [0.717, 1.165) is 45.2 Å². The van der Waals surface area contributed by atoms with Gasteiger partial charge in [0.25, 0.3) is 0 Å². The van der Waals surface area contributed by atoms with E-state index in [0.29, 0.717) is 12.5 Å². The van der Waals surface area contributed by atoms with Gasteiger partial charge in [-0.05, 0) is 38.6 Å². The van der Waals surface area contributed by atoms with Crippen molar-refractivity contribution in [3.8, 4) is 0 Å². The molecule has 0 bridgehead atoms. The molecular weight excluding hydrogens is 300 g/mol. The quantitative estimate of drug-likeness (QED) is 0.614. The van der Waals surface area contributed by atoms with E-state index in [9.17, 15) is 0 Å². The highest BCUT2D eigenvalue weighted by molar-refractivity contribution is 5.79. The first-order valence-corrected chi connectivity index (χ1v) is 8.88. The lowest BCUT2D eigenvalue weighted by atomic mass is 10.1. The topological polar surface area (TPSA) is 40.1 Å². The highest BCUT2D eigenvalue weighted by Crippen LogP contribution is 2.13. The maximum atomic E-state index is 5.48. The minimum absolute atomic E-state index is 0.613. The van der Waals surface area contributed by atoms with Crippen LogP contribution in [0.2, 0.25) is 0 Å². The van der Waals surface area contributed by atoms with Gasteiger partial charge in [0.15, 0.2) is 5.96 Å². The zero-order chi connectivity index (χ0) is 17.4. The minimum Gasteiger partial charge on any atom is -0.381 e. The number of hydrogen-bond donors (Lipinski definition) is 1. The number of benzene rings is 1. The molecule has 0 radical (unpaired) electrons. The van der Waals surface area contributed by atoms with Gasteiger partial charge in [-0.1, -0.05) is 24.3 Å². The van der Waals surface area contributed by atoms with Gasteiger partial charge in [0, 0.05) is 39.2 Å². The highest BCUT2D eigenvalue weighted by Gasteiger charge is 2.19. The van der Waals surface area contributed by atoms with Gasteiger partial charge in [0.1, 0.15) is 0 Å². The van der Waals surface area contributed by atoms with E-state index in [1.165, 1.54) is 11.1 Å². The van der Waals surface area contributed by atoms with E-state index >= 15 is 0 Å². The van der Waals surface area contributed by atoms with E-state index in [1.54, 1.807) is 0 Å². The van der Waals surface area contributed by atoms with Gasteiger partial charge in [0.05, 0.1) is 13.2 Å². The molecule has 2 rings (SSSR count). The summed E-state index contributed by atoms with van der Waals surface area (Å²) < 4.78 is 5.48. The lowest BCUT2D eigenvalue weighted by molar-refractivity contribution is 0.181. The molecule has 24 heavy (non-hydrogen) atoms. The molecule has 0 spiro atoms. The summed E-state index contributed by atoms with van der Waals surface area (Å²) in [7, 11) is 6.30. The van der Waals surface area contributed by atoms with Crippen molar-refractivity contribution in [3.05, 3.63) is 35.4 Å². The Bertz CT molecular complexity index is 524. The van der Waals surface area contributed by atoms with Crippen LogP contribution in [0.5, 0.6) is 0 Å². The van der Waals surface area contributed by atoms with E-state index < -0.39 is 0 Å². The van der Waals surface area contributed by atoms with Crippen LogP contribution in [0.25, 0.3) is 0 Å². The normalized spacial score (nSPS) is 18.2. The molecule has 1 aliphatic rings. The molecule has 134 valence electrons. The standard InChI is InChI=1S/C19H32N4O/c1-5-20-19(23(4)14-18-9-10-24-15-18)21-12-16-7-6-8-17(11-16)13-22(2)3/h6-8,11,18H,5,9-10,12-15H2,1-4H3,(H,20,21). The van der Waals surface area contributed by atoms with E-state index in [1.807, 2.05) is 0 Å². The lowest BCUT2D eigenvalue weighted by Crippen LogP contribution is -2.41. The molecule has 5 heteroatoms.